The van der Waals surface area contributed by atoms with E-state index in [1.165, 1.54) is 12.1 Å². The van der Waals surface area contributed by atoms with Crippen LogP contribution < -0.4 is 30.7 Å². The minimum atomic E-state index is -4.15. The molecule has 320 valence electrons. The number of nitrogens with two attached hydrogens (primary N) is 1. The number of ether oxygens (including phenoxy) is 2. The van der Waals surface area contributed by atoms with Crippen LogP contribution in [0.4, 0.5) is 11.4 Å². The van der Waals surface area contributed by atoms with Crippen LogP contribution in [0.1, 0.15) is 63.9 Å². The minimum absolute atomic E-state index is 0.0945. The van der Waals surface area contributed by atoms with Crippen LogP contribution in [0.5, 0.6) is 11.5 Å². The van der Waals surface area contributed by atoms with Crippen LogP contribution in [0.15, 0.2) is 168 Å². The molecule has 0 saturated heterocycles. The molecule has 0 bridgehead atoms. The Labute approximate surface area is 365 Å². The summed E-state index contributed by atoms with van der Waals surface area (Å²) in [5.74, 6) is 4.45. The zero-order valence-electron chi connectivity index (χ0n) is 33.6. The zero-order chi connectivity index (χ0) is 43.6. The fraction of sp³-hybridized carbons (Fsp3) is 0.170. The Morgan fingerprint density at radius 3 is 1.66 bits per heavy atom. The molecule has 1 saturated carbocycles. The first-order chi connectivity index (χ1) is 30.2. The van der Waals surface area contributed by atoms with Crippen molar-refractivity contribution in [1.29, 1.82) is 0 Å². The normalized spacial score (nSPS) is 12.5. The van der Waals surface area contributed by atoms with E-state index in [-0.39, 0.29) is 22.4 Å². The first kappa shape index (κ1) is 45.0. The summed E-state index contributed by atoms with van der Waals surface area (Å²) in [5, 5.41) is 5.51. The highest BCUT2D eigenvalue weighted by Crippen LogP contribution is 2.29. The third kappa shape index (κ3) is 13.5. The zero-order valence-corrected chi connectivity index (χ0v) is 35.2. The summed E-state index contributed by atoms with van der Waals surface area (Å²) in [5.41, 5.74) is 3.53. The first-order valence-corrected chi connectivity index (χ1v) is 22.0. The van der Waals surface area contributed by atoms with E-state index in [4.69, 9.17) is 15.4 Å². The average Bonchev–Trinajstić information content (AvgIpc) is 3.31. The Balaban J connectivity index is 0.000000214. The number of hydrogen-bond donors (Lipinski definition) is 4. The molecule has 0 aromatic heterocycles. The summed E-state index contributed by atoms with van der Waals surface area (Å²) < 4.78 is 44.4. The van der Waals surface area contributed by atoms with Gasteiger partial charge in [-0.05, 0) is 84.6 Å². The van der Waals surface area contributed by atoms with E-state index in [0.29, 0.717) is 59.3 Å². The third-order valence-corrected chi connectivity index (χ3v) is 11.7. The number of rotatable bonds is 16. The number of sulfonamides is 1. The Morgan fingerprint density at radius 1 is 0.597 bits per heavy atom. The van der Waals surface area contributed by atoms with Gasteiger partial charge in [0.25, 0.3) is 21.8 Å². The number of carbonyl (C=O) groups is 3. The van der Waals surface area contributed by atoms with Gasteiger partial charge in [0.15, 0.2) is 0 Å². The standard InChI is InChI=1S/C27H28N2O5S.C20H18N2O4S/c30-26(22-14-9-15-23(18-22)34-19-20-10-3-1-4-11-20)28-24-16-7-8-17-25(24)35(32,33)29-27(31)21-12-5-2-6-13-21;21-25-26-27-19-12-5-4-11-18(19)22-20(23)16-9-6-10-17(13-16)24-14-15-7-2-1-3-8-15/h1,3-4,7-11,14-18,21H,2,5-6,12-13,19H2,(H,28,30)(H,29,31);1-13H,14,21H2,(H,22,23). The van der Waals surface area contributed by atoms with Crippen molar-refractivity contribution in [3.8, 4) is 11.5 Å². The van der Waals surface area contributed by atoms with E-state index >= 15 is 0 Å². The Hall–Kier alpha value is -6.49. The van der Waals surface area contributed by atoms with Gasteiger partial charge in [0.2, 0.25) is 5.91 Å². The average molecular weight is 875 g/mol. The van der Waals surface area contributed by atoms with Crippen LogP contribution in [0.25, 0.3) is 0 Å². The van der Waals surface area contributed by atoms with Crippen molar-refractivity contribution < 1.29 is 41.6 Å². The lowest BCUT2D eigenvalue weighted by molar-refractivity contribution is -0.195. The van der Waals surface area contributed by atoms with E-state index in [1.54, 1.807) is 66.7 Å². The lowest BCUT2D eigenvalue weighted by atomic mass is 9.89. The molecule has 6 aromatic carbocycles. The Morgan fingerprint density at radius 2 is 1.10 bits per heavy atom. The van der Waals surface area contributed by atoms with Crippen LogP contribution in [0, 0.1) is 5.92 Å². The molecule has 0 heterocycles. The van der Waals surface area contributed by atoms with Crippen LogP contribution in [-0.2, 0) is 37.4 Å². The molecule has 1 aliphatic carbocycles. The molecule has 3 amide bonds. The fourth-order valence-electron chi connectivity index (χ4n) is 6.46. The SMILES string of the molecule is NOOSc1ccccc1NC(=O)c1cccc(OCc2ccccc2)c1.O=C(Nc1ccccc1S(=O)(=O)NC(=O)C1CCCCC1)c1cccc(OCc2ccccc2)c1. The van der Waals surface area contributed by atoms with Gasteiger partial charge in [-0.3, -0.25) is 14.4 Å². The predicted octanol–water partition coefficient (Wildman–Crippen LogP) is 9.25. The van der Waals surface area contributed by atoms with Crippen LogP contribution in [0.3, 0.4) is 0 Å². The topological polar surface area (TPSA) is 184 Å². The van der Waals surface area contributed by atoms with Gasteiger partial charge in [-0.2, -0.15) is 5.90 Å². The fourth-order valence-corrected chi connectivity index (χ4v) is 8.13. The number of nitrogens with one attached hydrogen (secondary N) is 3. The second-order valence-corrected chi connectivity index (χ2v) is 16.5. The van der Waals surface area contributed by atoms with Gasteiger partial charge in [0.05, 0.1) is 28.3 Å². The Kier molecular flexibility index (Phi) is 16.7. The van der Waals surface area contributed by atoms with Crippen molar-refractivity contribution in [2.75, 3.05) is 10.6 Å². The van der Waals surface area contributed by atoms with Crippen LogP contribution in [-0.4, -0.2) is 26.1 Å². The molecule has 15 heteroatoms. The molecule has 7 rings (SSSR count). The molecule has 0 radical (unpaired) electrons. The second-order valence-electron chi connectivity index (χ2n) is 14.1. The molecule has 5 N–H and O–H groups in total. The number of anilines is 2. The molecule has 13 nitrogen and oxygen atoms in total. The van der Waals surface area contributed by atoms with E-state index in [1.807, 2.05) is 78.9 Å². The van der Waals surface area contributed by atoms with E-state index in [9.17, 15) is 22.8 Å². The van der Waals surface area contributed by atoms with E-state index in [2.05, 4.69) is 24.7 Å². The highest BCUT2D eigenvalue weighted by molar-refractivity contribution is 7.94. The maximum absolute atomic E-state index is 13.0. The van der Waals surface area contributed by atoms with Gasteiger partial charge in [-0.15, -0.1) is 9.32 Å². The van der Waals surface area contributed by atoms with Crippen LogP contribution >= 0.6 is 12.0 Å². The van der Waals surface area contributed by atoms with Crippen molar-refractivity contribution in [2.24, 2.45) is 11.8 Å². The van der Waals surface area contributed by atoms with Gasteiger partial charge in [-0.1, -0.05) is 116 Å². The largest absolute Gasteiger partial charge is 0.489 e. The summed E-state index contributed by atoms with van der Waals surface area (Å²) in [6, 6.07) is 46.4. The number of carbonyl (C=O) groups excluding carboxylic acids is 3. The molecule has 1 aliphatic rings. The lowest BCUT2D eigenvalue weighted by Gasteiger charge is -2.21. The van der Waals surface area contributed by atoms with Crippen molar-refractivity contribution in [2.45, 2.75) is 55.1 Å². The Bertz CT molecular complexity index is 2520. The van der Waals surface area contributed by atoms with E-state index < -0.39 is 21.8 Å². The van der Waals surface area contributed by atoms with Gasteiger partial charge in [0.1, 0.15) is 29.6 Å². The second kappa shape index (κ2) is 22.9. The number of benzene rings is 6. The van der Waals surface area contributed by atoms with E-state index in [0.717, 1.165) is 42.4 Å². The van der Waals surface area contributed by atoms with Crippen molar-refractivity contribution in [1.82, 2.24) is 4.72 Å². The van der Waals surface area contributed by atoms with Crippen molar-refractivity contribution >= 4 is 51.2 Å². The summed E-state index contributed by atoms with van der Waals surface area (Å²) in [6.45, 7) is 0.787. The summed E-state index contributed by atoms with van der Waals surface area (Å²) in [7, 11) is -4.15. The monoisotopic (exact) mass is 874 g/mol. The smallest absolute Gasteiger partial charge is 0.266 e. The molecule has 62 heavy (non-hydrogen) atoms. The van der Waals surface area contributed by atoms with Crippen molar-refractivity contribution in [3.05, 3.63) is 180 Å². The molecule has 1 fully saturated rings. The van der Waals surface area contributed by atoms with Gasteiger partial charge in [0, 0.05) is 17.0 Å². The minimum Gasteiger partial charge on any atom is -0.489 e. The summed E-state index contributed by atoms with van der Waals surface area (Å²) in [6.07, 6.45) is 4.26. The quantitative estimate of drug-likeness (QED) is 0.0413. The molecular formula is C47H46N4O9S2. The molecule has 6 aromatic rings. The number of amides is 3. The van der Waals surface area contributed by atoms with Crippen molar-refractivity contribution in [3.63, 3.8) is 0 Å². The lowest BCUT2D eigenvalue weighted by Crippen LogP contribution is -2.36. The highest BCUT2D eigenvalue weighted by atomic mass is 32.2. The number of para-hydroxylation sites is 2. The van der Waals surface area contributed by atoms with Crippen LogP contribution in [0.2, 0.25) is 0 Å². The third-order valence-electron chi connectivity index (χ3n) is 9.62. The van der Waals surface area contributed by atoms with Gasteiger partial charge >= 0.3 is 0 Å². The summed E-state index contributed by atoms with van der Waals surface area (Å²) in [4.78, 5) is 42.7. The number of hydrogen-bond acceptors (Lipinski definition) is 11. The van der Waals surface area contributed by atoms with Gasteiger partial charge in [-0.25, -0.2) is 13.1 Å². The molecule has 0 aliphatic heterocycles. The summed E-state index contributed by atoms with van der Waals surface area (Å²) >= 11 is 0.906. The van der Waals surface area contributed by atoms with Gasteiger partial charge < -0.3 is 20.1 Å². The predicted molar refractivity (Wildman–Crippen MR) is 237 cm³/mol. The molecule has 0 unspecified atom stereocenters. The first-order valence-electron chi connectivity index (χ1n) is 19.8. The molecule has 0 spiro atoms. The maximum Gasteiger partial charge on any atom is 0.266 e. The molecular weight excluding hydrogens is 829 g/mol. The highest BCUT2D eigenvalue weighted by Gasteiger charge is 2.28. The molecule has 0 atom stereocenters. The maximum atomic E-state index is 13.0.